The molecule has 4 heterocycles. The van der Waals surface area contributed by atoms with Crippen molar-refractivity contribution in [3.63, 3.8) is 0 Å². The van der Waals surface area contributed by atoms with Crippen LogP contribution in [0.5, 0.6) is 40.2 Å². The number of hydrogen-bond acceptors (Lipinski definition) is 8. The minimum atomic E-state index is 0.0218. The third kappa shape index (κ3) is 5.30. The molecule has 236 valence electrons. The maximum atomic E-state index is 9.88. The van der Waals surface area contributed by atoms with E-state index in [2.05, 4.69) is 60.3 Å². The molecule has 8 heteroatoms. The second kappa shape index (κ2) is 12.2. The minimum absolute atomic E-state index is 0.0218. The summed E-state index contributed by atoms with van der Waals surface area (Å²) in [5.74, 6) is 4.45. The van der Waals surface area contributed by atoms with Gasteiger partial charge in [0, 0.05) is 30.7 Å². The first-order valence-electron chi connectivity index (χ1n) is 15.8. The molecule has 4 aromatic rings. The molecule has 0 spiro atoms. The molecule has 0 saturated carbocycles. The summed E-state index contributed by atoms with van der Waals surface area (Å²) in [7, 11) is 9.35. The third-order valence-electron chi connectivity index (χ3n) is 9.79. The van der Waals surface area contributed by atoms with E-state index in [0.717, 1.165) is 55.5 Å². The Morgan fingerprint density at radius 3 is 2.11 bits per heavy atom. The van der Waals surface area contributed by atoms with Crippen LogP contribution in [0.2, 0.25) is 0 Å². The lowest BCUT2D eigenvalue weighted by Crippen LogP contribution is -2.34. The molecule has 4 aromatic carbocycles. The first kappa shape index (κ1) is 30.0. The van der Waals surface area contributed by atoms with E-state index in [4.69, 9.17) is 23.7 Å². The van der Waals surface area contributed by atoms with Gasteiger partial charge in [-0.05, 0) is 110 Å². The quantitative estimate of drug-likeness (QED) is 0.243. The first-order valence-corrected chi connectivity index (χ1v) is 15.8. The lowest BCUT2D eigenvalue weighted by Gasteiger charge is -2.37. The molecule has 0 fully saturated rings. The highest BCUT2D eigenvalue weighted by Gasteiger charge is 2.34. The Hall–Kier alpha value is -4.71. The number of nitrogens with zero attached hydrogens (tertiary/aromatic N) is 3. The molecule has 8 rings (SSSR count). The molecular weight excluding hydrogens is 578 g/mol. The van der Waals surface area contributed by atoms with Crippen molar-refractivity contribution in [1.82, 2.24) is 9.80 Å². The summed E-state index contributed by atoms with van der Waals surface area (Å²) in [5, 5.41) is 9.88. The number of likely N-dealkylation sites (N-methyl/N-ethyl adjacent to an activating group) is 2. The van der Waals surface area contributed by atoms with Crippen LogP contribution in [0, 0.1) is 11.3 Å². The largest absolute Gasteiger partial charge is 0.493 e. The summed E-state index contributed by atoms with van der Waals surface area (Å²) < 4.78 is 31.2. The van der Waals surface area contributed by atoms with Crippen LogP contribution >= 0.6 is 0 Å². The van der Waals surface area contributed by atoms with Crippen molar-refractivity contribution in [2.24, 2.45) is 0 Å². The Bertz CT molecular complexity index is 1830. The summed E-state index contributed by atoms with van der Waals surface area (Å²) in [6.07, 6.45) is 3.25. The fourth-order valence-electron chi connectivity index (χ4n) is 7.22. The van der Waals surface area contributed by atoms with E-state index in [1.165, 1.54) is 16.7 Å². The van der Waals surface area contributed by atoms with Crippen LogP contribution in [0.4, 0.5) is 0 Å². The van der Waals surface area contributed by atoms with Gasteiger partial charge in [-0.1, -0.05) is 18.2 Å². The lowest BCUT2D eigenvalue weighted by atomic mass is 9.87. The number of methoxy groups -OCH3 is 3. The van der Waals surface area contributed by atoms with Crippen molar-refractivity contribution < 1.29 is 23.7 Å². The zero-order valence-electron chi connectivity index (χ0n) is 27.1. The van der Waals surface area contributed by atoms with E-state index in [1.807, 2.05) is 30.3 Å². The SMILES string of the molecule is COc1cc2c3cc1Oc1c(OC)c(OC)cc4c1[C@H](Cc1ccc(cc1)Oc1cc(ccc1C#N)C[C@H]3N(C)CC2)N(C)CC4. The molecule has 2 atom stereocenters. The van der Waals surface area contributed by atoms with Crippen LogP contribution in [0.25, 0.3) is 0 Å². The molecule has 8 nitrogen and oxygen atoms in total. The Balaban J connectivity index is 1.46. The zero-order chi connectivity index (χ0) is 31.9. The Labute approximate surface area is 270 Å². The third-order valence-corrected chi connectivity index (χ3v) is 9.79. The number of fused-ring (bicyclic) bond motifs is 2. The number of nitriles is 1. The van der Waals surface area contributed by atoms with E-state index in [-0.39, 0.29) is 12.1 Å². The van der Waals surface area contributed by atoms with E-state index < -0.39 is 0 Å². The molecule has 0 aliphatic carbocycles. The predicted molar refractivity (Wildman–Crippen MR) is 176 cm³/mol. The van der Waals surface area contributed by atoms with Crippen LogP contribution in [-0.2, 0) is 25.7 Å². The normalized spacial score (nSPS) is 19.0. The second-order valence-corrected chi connectivity index (χ2v) is 12.4. The molecule has 0 unspecified atom stereocenters. The average molecular weight is 618 g/mol. The van der Waals surface area contributed by atoms with Gasteiger partial charge >= 0.3 is 0 Å². The van der Waals surface area contributed by atoms with Gasteiger partial charge in [0.1, 0.15) is 17.6 Å². The fourth-order valence-corrected chi connectivity index (χ4v) is 7.22. The van der Waals surface area contributed by atoms with Crippen molar-refractivity contribution in [3.05, 3.63) is 99.6 Å². The highest BCUT2D eigenvalue weighted by Crippen LogP contribution is 2.51. The summed E-state index contributed by atoms with van der Waals surface area (Å²) >= 11 is 0. The van der Waals surface area contributed by atoms with Crippen LogP contribution in [0.15, 0.2) is 60.7 Å². The molecule has 0 radical (unpaired) electrons. The number of hydrogen-bond donors (Lipinski definition) is 0. The molecule has 0 saturated heterocycles. The highest BCUT2D eigenvalue weighted by molar-refractivity contribution is 5.63. The van der Waals surface area contributed by atoms with Gasteiger partial charge in [0.15, 0.2) is 23.0 Å². The van der Waals surface area contributed by atoms with Crippen LogP contribution in [0.3, 0.4) is 0 Å². The van der Waals surface area contributed by atoms with E-state index in [9.17, 15) is 5.26 Å². The van der Waals surface area contributed by atoms with Crippen LogP contribution in [0.1, 0.15) is 51.0 Å². The lowest BCUT2D eigenvalue weighted by molar-refractivity contribution is 0.220. The summed E-state index contributed by atoms with van der Waals surface area (Å²) in [6.45, 7) is 1.81. The summed E-state index contributed by atoms with van der Waals surface area (Å²) in [4.78, 5) is 4.76. The maximum absolute atomic E-state index is 9.88. The molecule has 0 N–H and O–H groups in total. The smallest absolute Gasteiger partial charge is 0.204 e. The van der Waals surface area contributed by atoms with Gasteiger partial charge in [0.25, 0.3) is 0 Å². The van der Waals surface area contributed by atoms with Crippen molar-refractivity contribution in [3.8, 4) is 46.3 Å². The van der Waals surface area contributed by atoms with Gasteiger partial charge in [-0.25, -0.2) is 0 Å². The van der Waals surface area contributed by atoms with Crippen molar-refractivity contribution in [2.75, 3.05) is 48.5 Å². The standard InChI is InChI=1S/C38H39N3O5/c1-40-14-12-25-19-33(42-3)34-21-29(25)30(40)17-24-6-9-27(22-39)32(18-24)45-28-10-7-23(8-11-28)16-31-36-26(13-15-41(31)2)20-35(43-4)37(44-5)38(36)46-34/h6-11,18-21,30-31H,12-17H2,1-5H3/t30-,31+/m1/s1. The van der Waals surface area contributed by atoms with Gasteiger partial charge in [0.05, 0.1) is 26.9 Å². The van der Waals surface area contributed by atoms with E-state index in [0.29, 0.717) is 45.8 Å². The molecule has 0 amide bonds. The Kier molecular flexibility index (Phi) is 7.97. The monoisotopic (exact) mass is 617 g/mol. The second-order valence-electron chi connectivity index (χ2n) is 12.4. The molecule has 6 bridgehead atoms. The van der Waals surface area contributed by atoms with Gasteiger partial charge in [-0.3, -0.25) is 9.80 Å². The summed E-state index contributed by atoms with van der Waals surface area (Å²) in [5.41, 5.74) is 7.46. The topological polar surface area (TPSA) is 76.4 Å². The summed E-state index contributed by atoms with van der Waals surface area (Å²) in [6, 6.07) is 22.8. The molecule has 4 aliphatic rings. The van der Waals surface area contributed by atoms with Crippen molar-refractivity contribution in [2.45, 2.75) is 37.8 Å². The molecular formula is C38H39N3O5. The molecule has 46 heavy (non-hydrogen) atoms. The van der Waals surface area contributed by atoms with E-state index >= 15 is 0 Å². The molecule has 4 aliphatic heterocycles. The average Bonchev–Trinajstić information content (AvgIpc) is 3.07. The first-order chi connectivity index (χ1) is 22.4. The number of rotatable bonds is 3. The fraction of sp³-hybridized carbons (Fsp3) is 0.342. The Morgan fingerprint density at radius 2 is 1.39 bits per heavy atom. The molecule has 0 aromatic heterocycles. The van der Waals surface area contributed by atoms with Crippen LogP contribution in [-0.4, -0.2) is 58.3 Å². The van der Waals surface area contributed by atoms with Gasteiger partial charge in [-0.2, -0.15) is 5.26 Å². The van der Waals surface area contributed by atoms with Crippen molar-refractivity contribution in [1.29, 1.82) is 5.26 Å². The highest BCUT2D eigenvalue weighted by atomic mass is 16.5. The number of ether oxygens (including phenoxy) is 5. The predicted octanol–water partition coefficient (Wildman–Crippen LogP) is 7.03. The zero-order valence-corrected chi connectivity index (χ0v) is 27.1. The minimum Gasteiger partial charge on any atom is -0.493 e. The number of benzene rings is 4. The Morgan fingerprint density at radius 1 is 0.717 bits per heavy atom. The van der Waals surface area contributed by atoms with Gasteiger partial charge in [0.2, 0.25) is 5.75 Å². The van der Waals surface area contributed by atoms with Crippen LogP contribution < -0.4 is 23.7 Å². The van der Waals surface area contributed by atoms with Crippen molar-refractivity contribution >= 4 is 0 Å². The maximum Gasteiger partial charge on any atom is 0.204 e. The van der Waals surface area contributed by atoms with Gasteiger partial charge in [-0.15, -0.1) is 0 Å². The van der Waals surface area contributed by atoms with E-state index in [1.54, 1.807) is 21.3 Å². The van der Waals surface area contributed by atoms with Gasteiger partial charge < -0.3 is 23.7 Å².